The van der Waals surface area contributed by atoms with Crippen LogP contribution in [0.4, 0.5) is 5.82 Å². The van der Waals surface area contributed by atoms with Gasteiger partial charge in [-0.2, -0.15) is 0 Å². The van der Waals surface area contributed by atoms with Crippen LogP contribution in [0, 0.1) is 0 Å². The molecule has 1 aromatic heterocycles. The number of hydrogen-bond acceptors (Lipinski definition) is 4. The van der Waals surface area contributed by atoms with Gasteiger partial charge in [0, 0.05) is 31.4 Å². The largest absolute Gasteiger partial charge is 0.357 e. The second-order valence-electron chi connectivity index (χ2n) is 7.62. The highest BCUT2D eigenvalue weighted by molar-refractivity contribution is 5.96. The first-order chi connectivity index (χ1) is 15.2. The maximum absolute atomic E-state index is 12.3. The summed E-state index contributed by atoms with van der Waals surface area (Å²) in [6, 6.07) is 21.3. The van der Waals surface area contributed by atoms with E-state index in [1.165, 1.54) is 12.8 Å². The summed E-state index contributed by atoms with van der Waals surface area (Å²) in [4.78, 5) is 31.2. The van der Waals surface area contributed by atoms with E-state index in [9.17, 15) is 9.59 Å². The number of anilines is 1. The number of carbonyl (C=O) groups is 2. The highest BCUT2D eigenvalue weighted by Gasteiger charge is 2.13. The molecule has 1 aliphatic rings. The second-order valence-corrected chi connectivity index (χ2v) is 7.62. The summed E-state index contributed by atoms with van der Waals surface area (Å²) in [5.41, 5.74) is 3.59. The molecule has 0 atom stereocenters. The molecule has 4 rings (SSSR count). The third-order valence-corrected chi connectivity index (χ3v) is 5.39. The van der Waals surface area contributed by atoms with E-state index in [1.54, 1.807) is 18.3 Å². The molecule has 0 saturated carbocycles. The Hall–Kier alpha value is -3.67. The lowest BCUT2D eigenvalue weighted by Crippen LogP contribution is -2.36. The molecule has 6 heteroatoms. The number of amides is 2. The zero-order valence-corrected chi connectivity index (χ0v) is 17.4. The van der Waals surface area contributed by atoms with Crippen molar-refractivity contribution < 1.29 is 9.59 Å². The van der Waals surface area contributed by atoms with Crippen molar-refractivity contribution in [2.45, 2.75) is 19.4 Å². The van der Waals surface area contributed by atoms with Crippen molar-refractivity contribution in [3.05, 3.63) is 84.1 Å². The van der Waals surface area contributed by atoms with Crippen LogP contribution in [0.25, 0.3) is 11.1 Å². The number of nitrogens with one attached hydrogen (secondary N) is 2. The zero-order valence-electron chi connectivity index (χ0n) is 17.4. The van der Waals surface area contributed by atoms with E-state index in [1.807, 2.05) is 54.6 Å². The van der Waals surface area contributed by atoms with E-state index in [0.717, 1.165) is 35.6 Å². The van der Waals surface area contributed by atoms with Gasteiger partial charge in [-0.3, -0.25) is 9.59 Å². The Morgan fingerprint density at radius 1 is 0.839 bits per heavy atom. The predicted molar refractivity (Wildman–Crippen MR) is 122 cm³/mol. The van der Waals surface area contributed by atoms with Gasteiger partial charge in [0.2, 0.25) is 5.91 Å². The van der Waals surface area contributed by atoms with Crippen LogP contribution in [-0.4, -0.2) is 36.4 Å². The summed E-state index contributed by atoms with van der Waals surface area (Å²) in [5, 5.41) is 5.49. The maximum atomic E-state index is 12.3. The number of carbonyl (C=O) groups excluding carboxylic acids is 2. The summed E-state index contributed by atoms with van der Waals surface area (Å²) >= 11 is 0. The molecule has 0 aliphatic carbocycles. The second kappa shape index (κ2) is 9.89. The standard InChI is InChI=1S/C25H26N4O2/c30-24(27-17-19-8-13-23(26-16-19)29-14-4-5-15-29)18-28-25(31)22-11-9-21(10-12-22)20-6-2-1-3-7-20/h1-3,6-13,16H,4-5,14-15,17-18H2,(H,27,30)(H,28,31). The number of rotatable bonds is 7. The third kappa shape index (κ3) is 5.48. The van der Waals surface area contributed by atoms with Crippen LogP contribution >= 0.6 is 0 Å². The van der Waals surface area contributed by atoms with Gasteiger partial charge in [0.25, 0.3) is 5.91 Å². The molecule has 158 valence electrons. The van der Waals surface area contributed by atoms with Crippen LogP contribution in [0.1, 0.15) is 28.8 Å². The minimum absolute atomic E-state index is 0.0709. The van der Waals surface area contributed by atoms with Gasteiger partial charge in [0.15, 0.2) is 0 Å². The van der Waals surface area contributed by atoms with Crippen LogP contribution in [-0.2, 0) is 11.3 Å². The van der Waals surface area contributed by atoms with Gasteiger partial charge in [-0.25, -0.2) is 4.98 Å². The summed E-state index contributed by atoms with van der Waals surface area (Å²) in [6.07, 6.45) is 4.21. The van der Waals surface area contributed by atoms with Crippen molar-refractivity contribution in [1.29, 1.82) is 0 Å². The number of aromatic nitrogens is 1. The molecule has 6 nitrogen and oxygen atoms in total. The molecule has 1 fully saturated rings. The smallest absolute Gasteiger partial charge is 0.251 e. The van der Waals surface area contributed by atoms with Crippen molar-refractivity contribution in [2.24, 2.45) is 0 Å². The number of benzene rings is 2. The van der Waals surface area contributed by atoms with Crippen LogP contribution in [0.5, 0.6) is 0 Å². The van der Waals surface area contributed by atoms with Gasteiger partial charge in [0.05, 0.1) is 6.54 Å². The fourth-order valence-corrected chi connectivity index (χ4v) is 3.62. The Morgan fingerprint density at radius 3 is 2.23 bits per heavy atom. The molecular weight excluding hydrogens is 388 g/mol. The molecule has 1 aliphatic heterocycles. The average Bonchev–Trinajstić information content (AvgIpc) is 3.37. The van der Waals surface area contributed by atoms with Gasteiger partial charge < -0.3 is 15.5 Å². The normalized spacial score (nSPS) is 13.1. The highest BCUT2D eigenvalue weighted by Crippen LogP contribution is 2.19. The monoisotopic (exact) mass is 414 g/mol. The lowest BCUT2D eigenvalue weighted by molar-refractivity contribution is -0.120. The molecule has 2 N–H and O–H groups in total. The van der Waals surface area contributed by atoms with Gasteiger partial charge in [-0.05, 0) is 47.7 Å². The van der Waals surface area contributed by atoms with Gasteiger partial charge >= 0.3 is 0 Å². The minimum atomic E-state index is -0.272. The van der Waals surface area contributed by atoms with Gasteiger partial charge in [-0.15, -0.1) is 0 Å². The third-order valence-electron chi connectivity index (χ3n) is 5.39. The Morgan fingerprint density at radius 2 is 1.55 bits per heavy atom. The number of hydrogen-bond donors (Lipinski definition) is 2. The van der Waals surface area contributed by atoms with E-state index in [-0.39, 0.29) is 18.4 Å². The van der Waals surface area contributed by atoms with E-state index >= 15 is 0 Å². The van der Waals surface area contributed by atoms with Crippen molar-refractivity contribution in [1.82, 2.24) is 15.6 Å². The first kappa shape index (κ1) is 20.6. The molecule has 31 heavy (non-hydrogen) atoms. The fraction of sp³-hybridized carbons (Fsp3) is 0.240. The summed E-state index contributed by atoms with van der Waals surface area (Å²) in [6.45, 7) is 2.42. The molecule has 0 unspecified atom stereocenters. The molecule has 1 saturated heterocycles. The summed E-state index contributed by atoms with van der Waals surface area (Å²) in [7, 11) is 0. The fourth-order valence-electron chi connectivity index (χ4n) is 3.62. The topological polar surface area (TPSA) is 74.3 Å². The quantitative estimate of drug-likeness (QED) is 0.622. The predicted octanol–water partition coefficient (Wildman–Crippen LogP) is 3.40. The maximum Gasteiger partial charge on any atom is 0.251 e. The lowest BCUT2D eigenvalue weighted by atomic mass is 10.0. The van der Waals surface area contributed by atoms with Gasteiger partial charge in [0.1, 0.15) is 5.82 Å². The SMILES string of the molecule is O=C(CNC(=O)c1ccc(-c2ccccc2)cc1)NCc1ccc(N2CCCC2)nc1. The average molecular weight is 415 g/mol. The summed E-state index contributed by atoms with van der Waals surface area (Å²) < 4.78 is 0. The molecule has 2 heterocycles. The molecule has 2 aromatic carbocycles. The Balaban J connectivity index is 1.22. The molecule has 2 amide bonds. The minimum Gasteiger partial charge on any atom is -0.357 e. The van der Waals surface area contributed by atoms with Crippen LogP contribution in [0.2, 0.25) is 0 Å². The Bertz CT molecular complexity index is 1010. The van der Waals surface area contributed by atoms with E-state index in [2.05, 4.69) is 20.5 Å². The van der Waals surface area contributed by atoms with E-state index in [4.69, 9.17) is 0 Å². The van der Waals surface area contributed by atoms with E-state index in [0.29, 0.717) is 12.1 Å². The van der Waals surface area contributed by atoms with E-state index < -0.39 is 0 Å². The Labute approximate surface area is 182 Å². The molecule has 3 aromatic rings. The van der Waals surface area contributed by atoms with Crippen molar-refractivity contribution in [3.8, 4) is 11.1 Å². The van der Waals surface area contributed by atoms with Crippen molar-refractivity contribution in [2.75, 3.05) is 24.5 Å². The van der Waals surface area contributed by atoms with Gasteiger partial charge in [-0.1, -0.05) is 48.5 Å². The first-order valence-electron chi connectivity index (χ1n) is 10.6. The lowest BCUT2D eigenvalue weighted by Gasteiger charge is -2.16. The highest BCUT2D eigenvalue weighted by atomic mass is 16.2. The summed E-state index contributed by atoms with van der Waals surface area (Å²) in [5.74, 6) is 0.474. The van der Waals surface area contributed by atoms with Crippen molar-refractivity contribution in [3.63, 3.8) is 0 Å². The molecular formula is C25H26N4O2. The van der Waals surface area contributed by atoms with Crippen molar-refractivity contribution >= 4 is 17.6 Å². The number of nitrogens with zero attached hydrogens (tertiary/aromatic N) is 2. The number of pyridine rings is 1. The van der Waals surface area contributed by atoms with Crippen LogP contribution < -0.4 is 15.5 Å². The molecule has 0 radical (unpaired) electrons. The van der Waals surface area contributed by atoms with Crippen LogP contribution in [0.3, 0.4) is 0 Å². The zero-order chi connectivity index (χ0) is 21.5. The molecule has 0 bridgehead atoms. The molecule has 0 spiro atoms. The van der Waals surface area contributed by atoms with Crippen LogP contribution in [0.15, 0.2) is 72.9 Å². The first-order valence-corrected chi connectivity index (χ1v) is 10.6. The Kier molecular flexibility index (Phi) is 6.57.